The second-order valence-electron chi connectivity index (χ2n) is 7.76. The van der Waals surface area contributed by atoms with Crippen LogP contribution in [-0.4, -0.2) is 40.8 Å². The Balaban J connectivity index is 1.48. The molecule has 3 rings (SSSR count). The molecule has 2 heterocycles. The van der Waals surface area contributed by atoms with Gasteiger partial charge in [-0.05, 0) is 65.0 Å². The third-order valence-corrected chi connectivity index (χ3v) is 4.44. The lowest BCUT2D eigenvalue weighted by molar-refractivity contribution is 0.00811. The van der Waals surface area contributed by atoms with Crippen molar-refractivity contribution < 1.29 is 18.7 Å². The summed E-state index contributed by atoms with van der Waals surface area (Å²) in [7, 11) is 0. The van der Waals surface area contributed by atoms with Gasteiger partial charge in [0.1, 0.15) is 11.1 Å². The monoisotopic (exact) mass is 360 g/mol. The van der Waals surface area contributed by atoms with E-state index in [1.807, 2.05) is 49.9 Å². The first-order valence-electron chi connectivity index (χ1n) is 9.40. The van der Waals surface area contributed by atoms with Crippen molar-refractivity contribution >= 4 is 17.2 Å². The molecule has 0 aliphatic carbocycles. The summed E-state index contributed by atoms with van der Waals surface area (Å²) < 4.78 is 16.7. The van der Waals surface area contributed by atoms with Crippen molar-refractivity contribution in [2.45, 2.75) is 64.5 Å². The third kappa shape index (κ3) is 4.90. The topological polar surface area (TPSA) is 64.8 Å². The Morgan fingerprint density at radius 1 is 1.31 bits per heavy atom. The molecule has 6 heteroatoms. The predicted octanol–water partition coefficient (Wildman–Crippen LogP) is 4.78. The summed E-state index contributed by atoms with van der Waals surface area (Å²) in [6.45, 7) is 6.99. The van der Waals surface area contributed by atoms with E-state index in [4.69, 9.17) is 13.9 Å². The molecule has 0 N–H and O–H groups in total. The lowest BCUT2D eigenvalue weighted by Gasteiger charge is -2.36. The number of amides is 1. The summed E-state index contributed by atoms with van der Waals surface area (Å²) in [5.74, 6) is 0. The molecule has 1 atom stereocenters. The highest BCUT2D eigenvalue weighted by molar-refractivity contribution is 5.72. The van der Waals surface area contributed by atoms with Gasteiger partial charge in [-0.1, -0.05) is 12.1 Å². The first kappa shape index (κ1) is 18.5. The predicted molar refractivity (Wildman–Crippen MR) is 99.3 cm³/mol. The van der Waals surface area contributed by atoms with Gasteiger partial charge in [-0.2, -0.15) is 4.98 Å². The molecule has 0 saturated carbocycles. The van der Waals surface area contributed by atoms with Crippen molar-refractivity contribution in [1.29, 1.82) is 0 Å². The quantitative estimate of drug-likeness (QED) is 0.718. The van der Waals surface area contributed by atoms with Gasteiger partial charge in [0.15, 0.2) is 5.58 Å². The number of hydrogen-bond acceptors (Lipinski definition) is 5. The van der Waals surface area contributed by atoms with Crippen molar-refractivity contribution in [3.63, 3.8) is 0 Å². The average molecular weight is 360 g/mol. The van der Waals surface area contributed by atoms with Gasteiger partial charge in [-0.25, -0.2) is 4.79 Å². The number of likely N-dealkylation sites (tertiary alicyclic amines) is 1. The lowest BCUT2D eigenvalue weighted by atomic mass is 9.98. The van der Waals surface area contributed by atoms with Gasteiger partial charge >= 0.3 is 12.2 Å². The first-order valence-corrected chi connectivity index (χ1v) is 9.40. The number of carbonyl (C=O) groups is 1. The van der Waals surface area contributed by atoms with Gasteiger partial charge in [0.2, 0.25) is 0 Å². The van der Waals surface area contributed by atoms with E-state index in [1.54, 1.807) is 0 Å². The zero-order valence-corrected chi connectivity index (χ0v) is 15.9. The second-order valence-corrected chi connectivity index (χ2v) is 7.76. The van der Waals surface area contributed by atoms with Gasteiger partial charge in [0.25, 0.3) is 0 Å². The molecule has 1 aliphatic heterocycles. The van der Waals surface area contributed by atoms with Crippen LogP contribution in [0.3, 0.4) is 0 Å². The molecule has 1 aromatic heterocycles. The molecule has 0 bridgehead atoms. The molecule has 26 heavy (non-hydrogen) atoms. The van der Waals surface area contributed by atoms with Crippen LogP contribution in [0.25, 0.3) is 11.1 Å². The third-order valence-electron chi connectivity index (χ3n) is 4.44. The largest absolute Gasteiger partial charge is 0.450 e. The summed E-state index contributed by atoms with van der Waals surface area (Å²) in [6.07, 6.45) is 5.02. The fourth-order valence-electron chi connectivity index (χ4n) is 3.25. The molecule has 1 fully saturated rings. The SMILES string of the molecule is CC(C)(C)OC(=O)N1CCCCC1CCCOc1nc2ccccc2o1. The van der Waals surface area contributed by atoms with E-state index in [-0.39, 0.29) is 12.1 Å². The number of aromatic nitrogens is 1. The van der Waals surface area contributed by atoms with Gasteiger partial charge in [0.05, 0.1) is 6.61 Å². The number of fused-ring (bicyclic) bond motifs is 1. The van der Waals surface area contributed by atoms with Crippen LogP contribution in [0.5, 0.6) is 6.08 Å². The van der Waals surface area contributed by atoms with Crippen LogP contribution in [0, 0.1) is 0 Å². The standard InChI is InChI=1S/C20H28N2O4/c1-20(2,3)26-19(23)22-13-7-6-9-15(22)10-8-14-24-18-21-16-11-4-5-12-17(16)25-18/h4-5,11-12,15H,6-10,13-14H2,1-3H3. The molecule has 1 unspecified atom stereocenters. The zero-order valence-electron chi connectivity index (χ0n) is 15.9. The van der Waals surface area contributed by atoms with Gasteiger partial charge in [0, 0.05) is 12.6 Å². The number of nitrogens with zero attached hydrogens (tertiary/aromatic N) is 2. The van der Waals surface area contributed by atoms with Crippen LogP contribution < -0.4 is 4.74 Å². The number of oxazole rings is 1. The summed E-state index contributed by atoms with van der Waals surface area (Å²) in [5.41, 5.74) is 1.06. The molecular formula is C20H28N2O4. The van der Waals surface area contributed by atoms with Crippen LogP contribution in [0.1, 0.15) is 52.9 Å². The van der Waals surface area contributed by atoms with Gasteiger partial charge in [-0.15, -0.1) is 0 Å². The smallest absolute Gasteiger partial charge is 0.410 e. The van der Waals surface area contributed by atoms with Crippen LogP contribution >= 0.6 is 0 Å². The normalized spacial score (nSPS) is 18.1. The fraction of sp³-hybridized carbons (Fsp3) is 0.600. The summed E-state index contributed by atoms with van der Waals surface area (Å²) in [6, 6.07) is 7.81. The van der Waals surface area contributed by atoms with E-state index in [9.17, 15) is 4.79 Å². The van der Waals surface area contributed by atoms with E-state index in [0.717, 1.165) is 49.7 Å². The van der Waals surface area contributed by atoms with E-state index in [0.29, 0.717) is 12.7 Å². The van der Waals surface area contributed by atoms with Crippen molar-refractivity contribution in [3.8, 4) is 6.08 Å². The number of para-hydroxylation sites is 2. The molecule has 0 radical (unpaired) electrons. The van der Waals surface area contributed by atoms with Crippen LogP contribution in [0.4, 0.5) is 4.79 Å². The van der Waals surface area contributed by atoms with E-state index in [2.05, 4.69) is 4.98 Å². The highest BCUT2D eigenvalue weighted by Crippen LogP contribution is 2.24. The van der Waals surface area contributed by atoms with E-state index >= 15 is 0 Å². The number of carbonyl (C=O) groups excluding carboxylic acids is 1. The molecule has 2 aromatic rings. The van der Waals surface area contributed by atoms with Crippen LogP contribution in [0.15, 0.2) is 28.7 Å². The summed E-state index contributed by atoms with van der Waals surface area (Å²) in [4.78, 5) is 18.6. The zero-order chi connectivity index (χ0) is 18.6. The molecule has 1 aromatic carbocycles. The maximum atomic E-state index is 12.4. The number of hydrogen-bond donors (Lipinski definition) is 0. The molecule has 142 valence electrons. The molecule has 0 spiro atoms. The Hall–Kier alpha value is -2.24. The maximum absolute atomic E-state index is 12.4. The van der Waals surface area contributed by atoms with Crippen molar-refractivity contribution in [2.24, 2.45) is 0 Å². The minimum Gasteiger partial charge on any atom is -0.450 e. The van der Waals surface area contributed by atoms with Crippen molar-refractivity contribution in [1.82, 2.24) is 9.88 Å². The minimum atomic E-state index is -0.463. The Morgan fingerprint density at radius 2 is 2.12 bits per heavy atom. The summed E-state index contributed by atoms with van der Waals surface area (Å²) in [5, 5.41) is 0. The lowest BCUT2D eigenvalue weighted by Crippen LogP contribution is -2.46. The Morgan fingerprint density at radius 3 is 2.88 bits per heavy atom. The van der Waals surface area contributed by atoms with Crippen molar-refractivity contribution in [3.05, 3.63) is 24.3 Å². The van der Waals surface area contributed by atoms with E-state index in [1.165, 1.54) is 0 Å². The Bertz CT molecular complexity index is 702. The van der Waals surface area contributed by atoms with Crippen molar-refractivity contribution in [2.75, 3.05) is 13.2 Å². The van der Waals surface area contributed by atoms with Gasteiger partial charge < -0.3 is 18.8 Å². The fourth-order valence-corrected chi connectivity index (χ4v) is 3.25. The Kier molecular flexibility index (Phi) is 5.69. The van der Waals surface area contributed by atoms with Crippen LogP contribution in [-0.2, 0) is 4.74 Å². The molecule has 1 aliphatic rings. The highest BCUT2D eigenvalue weighted by atomic mass is 16.6. The highest BCUT2D eigenvalue weighted by Gasteiger charge is 2.30. The molecule has 1 amide bonds. The first-order chi connectivity index (χ1) is 12.4. The maximum Gasteiger partial charge on any atom is 0.410 e. The van der Waals surface area contributed by atoms with Gasteiger partial charge in [-0.3, -0.25) is 0 Å². The van der Waals surface area contributed by atoms with Crippen LogP contribution in [0.2, 0.25) is 0 Å². The molecular weight excluding hydrogens is 332 g/mol. The number of piperidine rings is 1. The average Bonchev–Trinajstić information content (AvgIpc) is 3.00. The second kappa shape index (κ2) is 7.98. The molecule has 1 saturated heterocycles. The number of benzene rings is 1. The minimum absolute atomic E-state index is 0.206. The number of rotatable bonds is 5. The number of ether oxygens (including phenoxy) is 2. The summed E-state index contributed by atoms with van der Waals surface area (Å²) >= 11 is 0. The van der Waals surface area contributed by atoms with E-state index < -0.39 is 5.60 Å². The molecule has 6 nitrogen and oxygen atoms in total. The Labute approximate surface area is 154 Å².